The minimum absolute atomic E-state index is 1.09. The molecule has 0 radical (unpaired) electrons. The van der Waals surface area contributed by atoms with Gasteiger partial charge < -0.3 is 4.57 Å². The van der Waals surface area contributed by atoms with Gasteiger partial charge in [-0.3, -0.25) is 0 Å². The SMILES string of the molecule is BrCCCn1c2c(c3ccccc31)CCCCC2. The van der Waals surface area contributed by atoms with Crippen molar-refractivity contribution >= 4 is 26.8 Å². The molecule has 0 fully saturated rings. The molecule has 0 atom stereocenters. The van der Waals surface area contributed by atoms with E-state index in [0.717, 1.165) is 11.9 Å². The molecule has 0 saturated heterocycles. The first-order chi connectivity index (χ1) is 8.92. The topological polar surface area (TPSA) is 4.93 Å². The Morgan fingerprint density at radius 1 is 1.06 bits per heavy atom. The van der Waals surface area contributed by atoms with Crippen molar-refractivity contribution in [1.29, 1.82) is 0 Å². The number of aryl methyl sites for hydroxylation is 2. The molecule has 1 heterocycles. The molecule has 0 amide bonds. The van der Waals surface area contributed by atoms with E-state index < -0.39 is 0 Å². The van der Waals surface area contributed by atoms with Crippen molar-refractivity contribution in [1.82, 2.24) is 4.57 Å². The van der Waals surface area contributed by atoms with Crippen LogP contribution < -0.4 is 0 Å². The Kier molecular flexibility index (Phi) is 3.74. The van der Waals surface area contributed by atoms with E-state index in [4.69, 9.17) is 0 Å². The van der Waals surface area contributed by atoms with Crippen LogP contribution in [0.15, 0.2) is 24.3 Å². The normalized spacial score (nSPS) is 15.6. The highest BCUT2D eigenvalue weighted by Gasteiger charge is 2.17. The number of hydrogen-bond donors (Lipinski definition) is 0. The molecule has 1 aromatic carbocycles. The van der Waals surface area contributed by atoms with Gasteiger partial charge in [0.05, 0.1) is 0 Å². The summed E-state index contributed by atoms with van der Waals surface area (Å²) in [5.74, 6) is 0. The van der Waals surface area contributed by atoms with Crippen molar-refractivity contribution in [3.63, 3.8) is 0 Å². The number of nitrogens with zero attached hydrogens (tertiary/aromatic N) is 1. The van der Waals surface area contributed by atoms with Gasteiger partial charge in [-0.15, -0.1) is 0 Å². The van der Waals surface area contributed by atoms with Gasteiger partial charge in [0.15, 0.2) is 0 Å². The predicted octanol–water partition coefficient (Wildman–Crippen LogP) is 4.70. The summed E-state index contributed by atoms with van der Waals surface area (Å²) >= 11 is 3.56. The second kappa shape index (κ2) is 5.48. The first-order valence-corrected chi connectivity index (χ1v) is 8.19. The molecular formula is C16H20BrN. The van der Waals surface area contributed by atoms with E-state index in [9.17, 15) is 0 Å². The third-order valence-corrected chi connectivity index (χ3v) is 4.61. The van der Waals surface area contributed by atoms with Crippen LogP contribution in [-0.4, -0.2) is 9.90 Å². The Labute approximate surface area is 117 Å². The molecule has 1 aliphatic carbocycles. The van der Waals surface area contributed by atoms with Gasteiger partial charge in [-0.2, -0.15) is 0 Å². The molecule has 0 N–H and O–H groups in total. The zero-order chi connectivity index (χ0) is 12.4. The summed E-state index contributed by atoms with van der Waals surface area (Å²) in [7, 11) is 0. The number of fused-ring (bicyclic) bond motifs is 3. The standard InChI is InChI=1S/C16H20BrN/c17-11-6-12-18-15-9-3-1-2-7-13(15)14-8-4-5-10-16(14)18/h4-5,8,10H,1-3,6-7,9,11-12H2. The number of alkyl halides is 1. The zero-order valence-corrected chi connectivity index (χ0v) is 12.4. The Hall–Kier alpha value is -0.760. The van der Waals surface area contributed by atoms with Crippen LogP contribution in [-0.2, 0) is 19.4 Å². The van der Waals surface area contributed by atoms with Gasteiger partial charge in [-0.05, 0) is 43.7 Å². The van der Waals surface area contributed by atoms with E-state index in [2.05, 4.69) is 44.8 Å². The largest absolute Gasteiger partial charge is 0.344 e. The minimum atomic E-state index is 1.09. The molecule has 0 unspecified atom stereocenters. The van der Waals surface area contributed by atoms with Crippen LogP contribution in [0.1, 0.15) is 36.9 Å². The van der Waals surface area contributed by atoms with E-state index in [0.29, 0.717) is 0 Å². The monoisotopic (exact) mass is 305 g/mol. The molecule has 0 saturated carbocycles. The quantitative estimate of drug-likeness (QED) is 0.572. The zero-order valence-electron chi connectivity index (χ0n) is 10.8. The van der Waals surface area contributed by atoms with Crippen molar-refractivity contribution in [3.05, 3.63) is 35.5 Å². The average Bonchev–Trinajstić information content (AvgIpc) is 2.56. The number of para-hydroxylation sites is 1. The summed E-state index contributed by atoms with van der Waals surface area (Å²) < 4.78 is 2.58. The van der Waals surface area contributed by atoms with Gasteiger partial charge in [0, 0.05) is 28.5 Å². The van der Waals surface area contributed by atoms with Crippen molar-refractivity contribution in [2.45, 2.75) is 45.1 Å². The van der Waals surface area contributed by atoms with E-state index >= 15 is 0 Å². The van der Waals surface area contributed by atoms with Crippen LogP contribution >= 0.6 is 15.9 Å². The van der Waals surface area contributed by atoms with E-state index in [1.54, 1.807) is 11.3 Å². The predicted molar refractivity (Wildman–Crippen MR) is 81.6 cm³/mol. The molecule has 1 aromatic heterocycles. The summed E-state index contributed by atoms with van der Waals surface area (Å²) in [5, 5.41) is 2.60. The lowest BCUT2D eigenvalue weighted by Crippen LogP contribution is -2.04. The van der Waals surface area contributed by atoms with Crippen molar-refractivity contribution in [3.8, 4) is 0 Å². The first kappa shape index (κ1) is 12.3. The molecule has 1 nitrogen and oxygen atoms in total. The maximum atomic E-state index is 3.56. The second-order valence-electron chi connectivity index (χ2n) is 5.20. The van der Waals surface area contributed by atoms with Crippen LogP contribution in [0.5, 0.6) is 0 Å². The number of benzene rings is 1. The summed E-state index contributed by atoms with van der Waals surface area (Å²) in [4.78, 5) is 0. The molecule has 18 heavy (non-hydrogen) atoms. The van der Waals surface area contributed by atoms with Gasteiger partial charge in [-0.25, -0.2) is 0 Å². The molecular weight excluding hydrogens is 286 g/mol. The third kappa shape index (κ3) is 2.11. The Balaban J connectivity index is 2.15. The summed E-state index contributed by atoms with van der Waals surface area (Å²) in [6.45, 7) is 1.15. The highest BCUT2D eigenvalue weighted by Crippen LogP contribution is 2.31. The number of aromatic nitrogens is 1. The van der Waals surface area contributed by atoms with Crippen molar-refractivity contribution in [2.75, 3.05) is 5.33 Å². The van der Waals surface area contributed by atoms with Gasteiger partial charge in [0.25, 0.3) is 0 Å². The van der Waals surface area contributed by atoms with Crippen molar-refractivity contribution < 1.29 is 0 Å². The fourth-order valence-electron chi connectivity index (χ4n) is 3.24. The molecule has 2 aromatic rings. The Morgan fingerprint density at radius 3 is 2.78 bits per heavy atom. The van der Waals surface area contributed by atoms with E-state index in [1.807, 2.05) is 0 Å². The molecule has 96 valence electrons. The smallest absolute Gasteiger partial charge is 0.0485 e. The van der Waals surface area contributed by atoms with Crippen molar-refractivity contribution in [2.24, 2.45) is 0 Å². The molecule has 0 aliphatic heterocycles. The number of rotatable bonds is 3. The lowest BCUT2D eigenvalue weighted by atomic mass is 10.1. The molecule has 0 bridgehead atoms. The molecule has 2 heteroatoms. The molecule has 3 rings (SSSR count). The number of hydrogen-bond acceptors (Lipinski definition) is 0. The Morgan fingerprint density at radius 2 is 1.89 bits per heavy atom. The van der Waals surface area contributed by atoms with Crippen LogP contribution in [0.3, 0.4) is 0 Å². The van der Waals surface area contributed by atoms with Gasteiger partial charge in [0.2, 0.25) is 0 Å². The molecule has 0 spiro atoms. The summed E-state index contributed by atoms with van der Waals surface area (Å²) in [6.07, 6.45) is 7.87. The lowest BCUT2D eigenvalue weighted by molar-refractivity contribution is 0.650. The van der Waals surface area contributed by atoms with Crippen LogP contribution in [0, 0.1) is 0 Å². The van der Waals surface area contributed by atoms with E-state index in [1.165, 1.54) is 49.4 Å². The van der Waals surface area contributed by atoms with E-state index in [-0.39, 0.29) is 0 Å². The maximum Gasteiger partial charge on any atom is 0.0485 e. The second-order valence-corrected chi connectivity index (χ2v) is 5.99. The fraction of sp³-hybridized carbons (Fsp3) is 0.500. The van der Waals surface area contributed by atoms with Crippen LogP contribution in [0.25, 0.3) is 10.9 Å². The Bertz CT molecular complexity index is 541. The highest BCUT2D eigenvalue weighted by molar-refractivity contribution is 9.09. The summed E-state index contributed by atoms with van der Waals surface area (Å²) in [5.41, 5.74) is 4.71. The highest BCUT2D eigenvalue weighted by atomic mass is 79.9. The van der Waals surface area contributed by atoms with Gasteiger partial charge in [-0.1, -0.05) is 40.5 Å². The number of halogens is 1. The first-order valence-electron chi connectivity index (χ1n) is 7.07. The van der Waals surface area contributed by atoms with Gasteiger partial charge in [0.1, 0.15) is 0 Å². The maximum absolute atomic E-state index is 3.56. The molecule has 1 aliphatic rings. The average molecular weight is 306 g/mol. The minimum Gasteiger partial charge on any atom is -0.344 e. The lowest BCUT2D eigenvalue weighted by Gasteiger charge is -2.09. The summed E-state index contributed by atoms with van der Waals surface area (Å²) in [6, 6.07) is 8.96. The fourth-order valence-corrected chi connectivity index (χ4v) is 3.49. The van der Waals surface area contributed by atoms with Gasteiger partial charge >= 0.3 is 0 Å². The third-order valence-electron chi connectivity index (χ3n) is 4.05. The van der Waals surface area contributed by atoms with Crippen LogP contribution in [0.4, 0.5) is 0 Å². The van der Waals surface area contributed by atoms with Crippen LogP contribution in [0.2, 0.25) is 0 Å².